The summed E-state index contributed by atoms with van der Waals surface area (Å²) < 4.78 is 7.83. The number of hydrogen-bond acceptors (Lipinski definition) is 6. The zero-order valence-corrected chi connectivity index (χ0v) is 16.1. The average molecular weight is 378 g/mol. The molecule has 1 aromatic carbocycles. The van der Waals surface area contributed by atoms with Crippen LogP contribution in [0.15, 0.2) is 48.8 Å². The molecule has 0 atom stereocenters. The van der Waals surface area contributed by atoms with E-state index in [2.05, 4.69) is 54.6 Å². The van der Waals surface area contributed by atoms with Gasteiger partial charge in [0, 0.05) is 45.1 Å². The Morgan fingerprint density at radius 2 is 1.82 bits per heavy atom. The summed E-state index contributed by atoms with van der Waals surface area (Å²) >= 11 is 0. The molecule has 0 bridgehead atoms. The van der Waals surface area contributed by atoms with Crippen molar-refractivity contribution in [2.75, 3.05) is 51.0 Å². The van der Waals surface area contributed by atoms with Gasteiger partial charge in [0.2, 0.25) is 5.95 Å². The lowest BCUT2D eigenvalue weighted by Crippen LogP contribution is -2.48. The van der Waals surface area contributed by atoms with Gasteiger partial charge in [0.05, 0.1) is 37.6 Å². The van der Waals surface area contributed by atoms with Crippen LogP contribution < -0.4 is 4.90 Å². The molecule has 7 nitrogen and oxygen atoms in total. The SMILES string of the molecule is c1cncc(CN2CN(CCN3CCOCC3)c3nc4ccccc4n3C2)c1. The summed E-state index contributed by atoms with van der Waals surface area (Å²) in [4.78, 5) is 16.6. The molecule has 2 aliphatic rings. The van der Waals surface area contributed by atoms with E-state index in [0.717, 1.165) is 70.7 Å². The molecule has 1 saturated heterocycles. The van der Waals surface area contributed by atoms with Crippen molar-refractivity contribution < 1.29 is 4.74 Å². The van der Waals surface area contributed by atoms with Crippen molar-refractivity contribution in [2.45, 2.75) is 13.2 Å². The molecule has 3 aromatic rings. The van der Waals surface area contributed by atoms with Crippen molar-refractivity contribution >= 4 is 17.0 Å². The van der Waals surface area contributed by atoms with Gasteiger partial charge in [-0.2, -0.15) is 0 Å². The molecule has 2 aromatic heterocycles. The molecule has 0 saturated carbocycles. The number of pyridine rings is 1. The first-order chi connectivity index (χ1) is 13.9. The summed E-state index contributed by atoms with van der Waals surface area (Å²) in [7, 11) is 0. The predicted octanol–water partition coefficient (Wildman–Crippen LogP) is 2.00. The molecular formula is C21H26N6O. The highest BCUT2D eigenvalue weighted by Gasteiger charge is 2.26. The average Bonchev–Trinajstić information content (AvgIpc) is 3.12. The van der Waals surface area contributed by atoms with E-state index in [9.17, 15) is 0 Å². The smallest absolute Gasteiger partial charge is 0.208 e. The first-order valence-corrected chi connectivity index (χ1v) is 9.98. The minimum atomic E-state index is 0.839. The van der Waals surface area contributed by atoms with E-state index in [1.165, 1.54) is 11.1 Å². The molecule has 146 valence electrons. The number of nitrogens with zero attached hydrogens (tertiary/aromatic N) is 6. The maximum absolute atomic E-state index is 5.49. The van der Waals surface area contributed by atoms with Crippen molar-refractivity contribution in [2.24, 2.45) is 0 Å². The third-order valence-electron chi connectivity index (χ3n) is 5.55. The molecule has 1 fully saturated rings. The van der Waals surface area contributed by atoms with Crippen LogP contribution >= 0.6 is 0 Å². The van der Waals surface area contributed by atoms with Crippen LogP contribution in [0.3, 0.4) is 0 Å². The topological polar surface area (TPSA) is 49.7 Å². The third kappa shape index (κ3) is 3.61. The van der Waals surface area contributed by atoms with E-state index in [0.29, 0.717) is 0 Å². The van der Waals surface area contributed by atoms with E-state index < -0.39 is 0 Å². The Kier molecular flexibility index (Phi) is 4.95. The maximum atomic E-state index is 5.49. The lowest BCUT2D eigenvalue weighted by Gasteiger charge is -2.38. The van der Waals surface area contributed by atoms with Gasteiger partial charge in [0.25, 0.3) is 0 Å². The van der Waals surface area contributed by atoms with Gasteiger partial charge in [-0.15, -0.1) is 0 Å². The number of aromatic nitrogens is 3. The summed E-state index contributed by atoms with van der Waals surface area (Å²) in [6, 6.07) is 12.6. The first kappa shape index (κ1) is 17.6. The van der Waals surface area contributed by atoms with Gasteiger partial charge in [-0.25, -0.2) is 4.98 Å². The number of rotatable bonds is 5. The molecule has 28 heavy (non-hydrogen) atoms. The third-order valence-corrected chi connectivity index (χ3v) is 5.55. The van der Waals surface area contributed by atoms with Crippen molar-refractivity contribution in [1.29, 1.82) is 0 Å². The molecule has 7 heteroatoms. The number of hydrogen-bond donors (Lipinski definition) is 0. The van der Waals surface area contributed by atoms with Gasteiger partial charge >= 0.3 is 0 Å². The van der Waals surface area contributed by atoms with E-state index in [1.54, 1.807) is 0 Å². The predicted molar refractivity (Wildman–Crippen MR) is 109 cm³/mol. The molecular weight excluding hydrogens is 352 g/mol. The van der Waals surface area contributed by atoms with Crippen LogP contribution in [0.5, 0.6) is 0 Å². The minimum absolute atomic E-state index is 0.839. The Bertz CT molecular complexity index is 921. The first-order valence-electron chi connectivity index (χ1n) is 9.98. The quantitative estimate of drug-likeness (QED) is 0.677. The molecule has 4 heterocycles. The second kappa shape index (κ2) is 7.87. The Morgan fingerprint density at radius 1 is 0.929 bits per heavy atom. The highest BCUT2D eigenvalue weighted by atomic mass is 16.5. The molecule has 0 N–H and O–H groups in total. The van der Waals surface area contributed by atoms with Crippen molar-refractivity contribution in [1.82, 2.24) is 24.3 Å². The van der Waals surface area contributed by atoms with Crippen LogP contribution in [0.4, 0.5) is 5.95 Å². The van der Waals surface area contributed by atoms with E-state index in [-0.39, 0.29) is 0 Å². The summed E-state index contributed by atoms with van der Waals surface area (Å²) in [6.45, 7) is 8.32. The number of morpholine rings is 1. The molecule has 0 unspecified atom stereocenters. The van der Waals surface area contributed by atoms with Crippen LogP contribution in [0.2, 0.25) is 0 Å². The molecule has 0 amide bonds. The fourth-order valence-electron chi connectivity index (χ4n) is 4.10. The molecule has 0 radical (unpaired) electrons. The zero-order chi connectivity index (χ0) is 18.8. The summed E-state index contributed by atoms with van der Waals surface area (Å²) in [5, 5.41) is 0. The van der Waals surface area contributed by atoms with Gasteiger partial charge in [-0.05, 0) is 23.8 Å². The number of fused-ring (bicyclic) bond motifs is 3. The van der Waals surface area contributed by atoms with Gasteiger partial charge < -0.3 is 9.64 Å². The Hall–Kier alpha value is -2.48. The van der Waals surface area contributed by atoms with Crippen molar-refractivity contribution in [3.63, 3.8) is 0 Å². The number of ether oxygens (including phenoxy) is 1. The van der Waals surface area contributed by atoms with Crippen molar-refractivity contribution in [3.8, 4) is 0 Å². The number of imidazole rings is 1. The lowest BCUT2D eigenvalue weighted by molar-refractivity contribution is 0.0384. The van der Waals surface area contributed by atoms with E-state index in [4.69, 9.17) is 9.72 Å². The second-order valence-corrected chi connectivity index (χ2v) is 7.52. The highest BCUT2D eigenvalue weighted by molar-refractivity contribution is 5.79. The van der Waals surface area contributed by atoms with Crippen LogP contribution in [0.1, 0.15) is 5.56 Å². The normalized spacial score (nSPS) is 18.5. The van der Waals surface area contributed by atoms with Crippen LogP contribution in [0.25, 0.3) is 11.0 Å². The number of anilines is 1. The Labute approximate surface area is 165 Å². The van der Waals surface area contributed by atoms with Gasteiger partial charge in [0.1, 0.15) is 0 Å². The molecule has 0 aliphatic carbocycles. The fourth-order valence-corrected chi connectivity index (χ4v) is 4.10. The monoisotopic (exact) mass is 378 g/mol. The van der Waals surface area contributed by atoms with Crippen LogP contribution in [0, 0.1) is 0 Å². The number of benzene rings is 1. The summed E-state index contributed by atoms with van der Waals surface area (Å²) in [5.41, 5.74) is 3.50. The van der Waals surface area contributed by atoms with Gasteiger partial charge in [-0.1, -0.05) is 18.2 Å². The van der Waals surface area contributed by atoms with Crippen LogP contribution in [-0.4, -0.2) is 70.4 Å². The van der Waals surface area contributed by atoms with Crippen molar-refractivity contribution in [3.05, 3.63) is 54.4 Å². The minimum Gasteiger partial charge on any atom is -0.379 e. The summed E-state index contributed by atoms with van der Waals surface area (Å²) in [5.74, 6) is 1.08. The highest BCUT2D eigenvalue weighted by Crippen LogP contribution is 2.27. The zero-order valence-electron chi connectivity index (χ0n) is 16.1. The van der Waals surface area contributed by atoms with Gasteiger partial charge in [0.15, 0.2) is 0 Å². The Morgan fingerprint density at radius 3 is 2.68 bits per heavy atom. The second-order valence-electron chi connectivity index (χ2n) is 7.52. The molecule has 5 rings (SSSR count). The number of para-hydroxylation sites is 2. The molecule has 2 aliphatic heterocycles. The Balaban J connectivity index is 1.39. The van der Waals surface area contributed by atoms with E-state index in [1.807, 2.05) is 18.5 Å². The fraction of sp³-hybridized carbons (Fsp3) is 0.429. The maximum Gasteiger partial charge on any atom is 0.208 e. The largest absolute Gasteiger partial charge is 0.379 e. The lowest BCUT2D eigenvalue weighted by atomic mass is 10.2. The van der Waals surface area contributed by atoms with Crippen LogP contribution in [-0.2, 0) is 18.0 Å². The standard InChI is InChI=1S/C21H26N6O/c1-2-6-20-19(5-1)23-21-26(9-8-24-10-12-28-13-11-24)16-25(17-27(20)21)15-18-4-3-7-22-14-18/h1-7,14H,8-13,15-17H2. The summed E-state index contributed by atoms with van der Waals surface area (Å²) in [6.07, 6.45) is 3.79. The molecule has 0 spiro atoms. The van der Waals surface area contributed by atoms with E-state index >= 15 is 0 Å². The van der Waals surface area contributed by atoms with Gasteiger partial charge in [-0.3, -0.25) is 19.4 Å².